The fourth-order valence-electron chi connectivity index (χ4n) is 3.03. The van der Waals surface area contributed by atoms with Gasteiger partial charge in [0.2, 0.25) is 11.8 Å². The molecule has 2 amide bonds. The van der Waals surface area contributed by atoms with Crippen molar-refractivity contribution in [2.45, 2.75) is 20.3 Å². The SMILES string of the molecule is CC(=O)Nc1ccc(NC(=O)Cc2c(C)n(C)c3ccccc23)cc1. The number of anilines is 2. The van der Waals surface area contributed by atoms with Crippen molar-refractivity contribution >= 4 is 34.1 Å². The van der Waals surface area contributed by atoms with Crippen molar-refractivity contribution in [2.75, 3.05) is 10.6 Å². The molecule has 1 heterocycles. The van der Waals surface area contributed by atoms with Crippen LogP contribution < -0.4 is 10.6 Å². The molecule has 0 aliphatic heterocycles. The van der Waals surface area contributed by atoms with Crippen molar-refractivity contribution in [3.05, 3.63) is 59.8 Å². The second-order valence-electron chi connectivity index (χ2n) is 6.12. The maximum atomic E-state index is 12.5. The largest absolute Gasteiger partial charge is 0.348 e. The summed E-state index contributed by atoms with van der Waals surface area (Å²) < 4.78 is 2.11. The van der Waals surface area contributed by atoms with Crippen LogP contribution in [0.4, 0.5) is 11.4 Å². The van der Waals surface area contributed by atoms with Crippen LogP contribution in [-0.4, -0.2) is 16.4 Å². The first kappa shape index (κ1) is 16.8. The molecule has 3 aromatic rings. The lowest BCUT2D eigenvalue weighted by Crippen LogP contribution is -2.15. The minimum Gasteiger partial charge on any atom is -0.348 e. The summed E-state index contributed by atoms with van der Waals surface area (Å²) >= 11 is 0. The number of carbonyl (C=O) groups is 2. The molecule has 5 nitrogen and oxygen atoms in total. The molecule has 0 radical (unpaired) electrons. The van der Waals surface area contributed by atoms with E-state index >= 15 is 0 Å². The predicted molar refractivity (Wildman–Crippen MR) is 101 cm³/mol. The van der Waals surface area contributed by atoms with E-state index in [0.29, 0.717) is 17.8 Å². The number of benzene rings is 2. The van der Waals surface area contributed by atoms with Crippen LogP contribution in [0.5, 0.6) is 0 Å². The number of rotatable bonds is 4. The van der Waals surface area contributed by atoms with Crippen molar-refractivity contribution in [3.8, 4) is 0 Å². The molecule has 0 atom stereocenters. The third-order valence-electron chi connectivity index (χ3n) is 4.36. The average molecular weight is 335 g/mol. The van der Waals surface area contributed by atoms with Gasteiger partial charge in [-0.1, -0.05) is 18.2 Å². The van der Waals surface area contributed by atoms with Crippen LogP contribution in [0.2, 0.25) is 0 Å². The Morgan fingerprint density at radius 1 is 0.960 bits per heavy atom. The third-order valence-corrected chi connectivity index (χ3v) is 4.36. The van der Waals surface area contributed by atoms with E-state index in [-0.39, 0.29) is 11.8 Å². The van der Waals surface area contributed by atoms with Gasteiger partial charge < -0.3 is 15.2 Å². The van der Waals surface area contributed by atoms with Gasteiger partial charge in [-0.25, -0.2) is 0 Å². The highest BCUT2D eigenvalue weighted by atomic mass is 16.2. The van der Waals surface area contributed by atoms with Gasteiger partial charge in [-0.3, -0.25) is 9.59 Å². The Balaban J connectivity index is 1.75. The van der Waals surface area contributed by atoms with E-state index in [1.165, 1.54) is 6.92 Å². The normalized spacial score (nSPS) is 10.7. The fourth-order valence-corrected chi connectivity index (χ4v) is 3.03. The molecule has 5 heteroatoms. The van der Waals surface area contributed by atoms with Gasteiger partial charge in [0.25, 0.3) is 0 Å². The van der Waals surface area contributed by atoms with Crippen molar-refractivity contribution in [1.82, 2.24) is 4.57 Å². The Labute approximate surface area is 146 Å². The number of amides is 2. The van der Waals surface area contributed by atoms with Gasteiger partial charge in [0.15, 0.2) is 0 Å². The van der Waals surface area contributed by atoms with E-state index in [9.17, 15) is 9.59 Å². The number of aryl methyl sites for hydroxylation is 1. The van der Waals surface area contributed by atoms with Crippen LogP contribution in [0.15, 0.2) is 48.5 Å². The highest BCUT2D eigenvalue weighted by Gasteiger charge is 2.14. The molecule has 25 heavy (non-hydrogen) atoms. The molecule has 0 aliphatic rings. The van der Waals surface area contributed by atoms with Crippen molar-refractivity contribution in [1.29, 1.82) is 0 Å². The van der Waals surface area contributed by atoms with Crippen LogP contribution in [0.1, 0.15) is 18.2 Å². The van der Waals surface area contributed by atoms with Gasteiger partial charge in [-0.05, 0) is 42.8 Å². The number of nitrogens with zero attached hydrogens (tertiary/aromatic N) is 1. The summed E-state index contributed by atoms with van der Waals surface area (Å²) in [5, 5.41) is 6.72. The third kappa shape index (κ3) is 3.55. The zero-order chi connectivity index (χ0) is 18.0. The Morgan fingerprint density at radius 3 is 2.20 bits per heavy atom. The fraction of sp³-hybridized carbons (Fsp3) is 0.200. The predicted octanol–water partition coefficient (Wildman–Crippen LogP) is 3.63. The number of carbonyl (C=O) groups excluding carboxylic acids is 2. The second kappa shape index (κ2) is 6.81. The number of fused-ring (bicyclic) bond motifs is 1. The summed E-state index contributed by atoms with van der Waals surface area (Å²) in [5.41, 5.74) is 4.68. The molecule has 0 spiro atoms. The highest BCUT2D eigenvalue weighted by Crippen LogP contribution is 2.25. The summed E-state index contributed by atoms with van der Waals surface area (Å²) in [6, 6.07) is 15.2. The molecule has 0 fully saturated rings. The van der Waals surface area contributed by atoms with Crippen LogP contribution in [0.25, 0.3) is 10.9 Å². The molecule has 0 saturated heterocycles. The molecule has 128 valence electrons. The van der Waals surface area contributed by atoms with E-state index in [4.69, 9.17) is 0 Å². The Morgan fingerprint density at radius 2 is 1.56 bits per heavy atom. The molecule has 1 aromatic heterocycles. The average Bonchev–Trinajstić information content (AvgIpc) is 2.82. The number of para-hydroxylation sites is 1. The Kier molecular flexibility index (Phi) is 4.57. The molecule has 0 unspecified atom stereocenters. The van der Waals surface area contributed by atoms with Gasteiger partial charge in [0, 0.05) is 41.9 Å². The summed E-state index contributed by atoms with van der Waals surface area (Å²) in [6.07, 6.45) is 0.320. The molecule has 2 N–H and O–H groups in total. The summed E-state index contributed by atoms with van der Waals surface area (Å²) in [6.45, 7) is 3.49. The summed E-state index contributed by atoms with van der Waals surface area (Å²) in [4.78, 5) is 23.5. The number of hydrogen-bond donors (Lipinski definition) is 2. The van der Waals surface area contributed by atoms with Crippen LogP contribution in [-0.2, 0) is 23.1 Å². The van der Waals surface area contributed by atoms with E-state index < -0.39 is 0 Å². The van der Waals surface area contributed by atoms with Crippen LogP contribution in [0.3, 0.4) is 0 Å². The quantitative estimate of drug-likeness (QED) is 0.765. The van der Waals surface area contributed by atoms with Gasteiger partial charge in [-0.2, -0.15) is 0 Å². The van der Waals surface area contributed by atoms with E-state index in [0.717, 1.165) is 22.2 Å². The minimum absolute atomic E-state index is 0.0632. The molecule has 0 saturated carbocycles. The molecular weight excluding hydrogens is 314 g/mol. The zero-order valence-corrected chi connectivity index (χ0v) is 14.6. The van der Waals surface area contributed by atoms with Gasteiger partial charge >= 0.3 is 0 Å². The first-order valence-corrected chi connectivity index (χ1v) is 8.16. The van der Waals surface area contributed by atoms with Crippen LogP contribution >= 0.6 is 0 Å². The highest BCUT2D eigenvalue weighted by molar-refractivity contribution is 5.97. The molecule has 2 aromatic carbocycles. The van der Waals surface area contributed by atoms with Crippen molar-refractivity contribution in [2.24, 2.45) is 7.05 Å². The monoisotopic (exact) mass is 335 g/mol. The topological polar surface area (TPSA) is 63.1 Å². The minimum atomic E-state index is -0.122. The van der Waals surface area contributed by atoms with Gasteiger partial charge in [0.05, 0.1) is 6.42 Å². The van der Waals surface area contributed by atoms with Crippen LogP contribution in [0, 0.1) is 6.92 Å². The second-order valence-corrected chi connectivity index (χ2v) is 6.12. The first-order chi connectivity index (χ1) is 12.0. The van der Waals surface area contributed by atoms with E-state index in [1.807, 2.05) is 32.2 Å². The van der Waals surface area contributed by atoms with Crippen molar-refractivity contribution < 1.29 is 9.59 Å². The van der Waals surface area contributed by atoms with Gasteiger partial charge in [-0.15, -0.1) is 0 Å². The standard InChI is InChI=1S/C20H21N3O2/c1-13-18(17-6-4-5-7-19(17)23(13)3)12-20(25)22-16-10-8-15(9-11-16)21-14(2)24/h4-11H,12H2,1-3H3,(H,21,24)(H,22,25). The molecule has 0 aliphatic carbocycles. The molecule has 0 bridgehead atoms. The van der Waals surface area contributed by atoms with E-state index in [1.54, 1.807) is 24.3 Å². The lowest BCUT2D eigenvalue weighted by molar-refractivity contribution is -0.116. The Bertz CT molecular complexity index is 939. The molecular formula is C20H21N3O2. The lowest BCUT2D eigenvalue weighted by Gasteiger charge is -2.07. The maximum Gasteiger partial charge on any atom is 0.228 e. The van der Waals surface area contributed by atoms with E-state index in [2.05, 4.69) is 21.3 Å². The first-order valence-electron chi connectivity index (χ1n) is 8.16. The summed E-state index contributed by atoms with van der Waals surface area (Å²) in [7, 11) is 2.01. The smallest absolute Gasteiger partial charge is 0.228 e. The maximum absolute atomic E-state index is 12.5. The summed E-state index contributed by atoms with van der Waals surface area (Å²) in [5.74, 6) is -0.185. The van der Waals surface area contributed by atoms with Crippen molar-refractivity contribution in [3.63, 3.8) is 0 Å². The number of aromatic nitrogens is 1. The van der Waals surface area contributed by atoms with Gasteiger partial charge in [0.1, 0.15) is 0 Å². The lowest BCUT2D eigenvalue weighted by atomic mass is 10.1. The molecule has 3 rings (SSSR count). The number of hydrogen-bond acceptors (Lipinski definition) is 2. The Hall–Kier alpha value is -3.08. The number of nitrogens with one attached hydrogen (secondary N) is 2. The zero-order valence-electron chi connectivity index (χ0n) is 14.6.